The average Bonchev–Trinajstić information content (AvgIpc) is 3.04. The van der Waals surface area contributed by atoms with Gasteiger partial charge in [0.25, 0.3) is 0 Å². The minimum absolute atomic E-state index is 0.0336. The molecule has 0 aliphatic carbocycles. The smallest absolute Gasteiger partial charge is 0.387 e. The van der Waals surface area contributed by atoms with Gasteiger partial charge in [0, 0.05) is 15.6 Å². The molecule has 0 fully saturated rings. The Morgan fingerprint density at radius 1 is 1.17 bits per heavy atom. The van der Waals surface area contributed by atoms with Crippen molar-refractivity contribution in [2.45, 2.75) is 6.61 Å². The van der Waals surface area contributed by atoms with Gasteiger partial charge in [0.1, 0.15) is 12.1 Å². The summed E-state index contributed by atoms with van der Waals surface area (Å²) in [6, 6.07) is 14.1. The zero-order valence-corrected chi connectivity index (χ0v) is 13.8. The van der Waals surface area contributed by atoms with Crippen molar-refractivity contribution in [2.24, 2.45) is 5.10 Å². The Kier molecular flexibility index (Phi) is 4.95. The van der Waals surface area contributed by atoms with E-state index in [1.54, 1.807) is 12.1 Å². The van der Waals surface area contributed by atoms with Crippen molar-refractivity contribution in [3.8, 4) is 17.1 Å². The number of ether oxygens (including phenoxy) is 1. The van der Waals surface area contributed by atoms with Crippen molar-refractivity contribution in [3.63, 3.8) is 0 Å². The Bertz CT molecular complexity index is 852. The van der Waals surface area contributed by atoms with E-state index in [2.05, 4.69) is 36.0 Å². The van der Waals surface area contributed by atoms with Gasteiger partial charge >= 0.3 is 6.61 Å². The molecule has 0 aliphatic rings. The van der Waals surface area contributed by atoms with Gasteiger partial charge in [-0.15, -0.1) is 10.2 Å². The molecule has 122 valence electrons. The topological polar surface area (TPSA) is 52.3 Å². The molecule has 3 aromatic rings. The number of rotatable bonds is 5. The lowest BCUT2D eigenvalue weighted by atomic mass is 10.2. The predicted molar refractivity (Wildman–Crippen MR) is 89.2 cm³/mol. The summed E-state index contributed by atoms with van der Waals surface area (Å²) in [6.07, 6.45) is 2.85. The fourth-order valence-electron chi connectivity index (χ4n) is 2.04. The molecule has 5 nitrogen and oxygen atoms in total. The number of hydrogen-bond donors (Lipinski definition) is 0. The van der Waals surface area contributed by atoms with E-state index in [4.69, 9.17) is 0 Å². The van der Waals surface area contributed by atoms with Crippen molar-refractivity contribution < 1.29 is 13.5 Å². The maximum absolute atomic E-state index is 12.5. The highest BCUT2D eigenvalue weighted by atomic mass is 79.9. The molecule has 0 bridgehead atoms. The van der Waals surface area contributed by atoms with Crippen LogP contribution in [-0.2, 0) is 0 Å². The van der Waals surface area contributed by atoms with Crippen molar-refractivity contribution in [3.05, 3.63) is 64.9 Å². The Labute approximate surface area is 144 Å². The third-order valence-electron chi connectivity index (χ3n) is 3.07. The molecule has 0 spiro atoms. The van der Waals surface area contributed by atoms with Gasteiger partial charge in [-0.05, 0) is 18.2 Å². The maximum Gasteiger partial charge on any atom is 0.387 e. The number of nitrogens with zero attached hydrogens (tertiary/aromatic N) is 4. The number of hydrogen-bond acceptors (Lipinski definition) is 4. The third-order valence-corrected chi connectivity index (χ3v) is 3.56. The molecule has 24 heavy (non-hydrogen) atoms. The van der Waals surface area contributed by atoms with Crippen LogP contribution in [-0.4, -0.2) is 27.7 Å². The summed E-state index contributed by atoms with van der Waals surface area (Å²) in [5, 5.41) is 12.1. The molecule has 0 aliphatic heterocycles. The van der Waals surface area contributed by atoms with E-state index in [0.29, 0.717) is 11.4 Å². The summed E-state index contributed by atoms with van der Waals surface area (Å²) < 4.78 is 31.7. The molecule has 0 radical (unpaired) electrons. The van der Waals surface area contributed by atoms with E-state index in [1.165, 1.54) is 23.3 Å². The van der Waals surface area contributed by atoms with Crippen molar-refractivity contribution in [1.82, 2.24) is 14.9 Å². The van der Waals surface area contributed by atoms with Crippen LogP contribution >= 0.6 is 15.9 Å². The molecule has 8 heteroatoms. The van der Waals surface area contributed by atoms with E-state index < -0.39 is 6.61 Å². The third kappa shape index (κ3) is 3.83. The largest absolute Gasteiger partial charge is 0.434 e. The molecular weight excluding hydrogens is 382 g/mol. The molecule has 1 heterocycles. The van der Waals surface area contributed by atoms with E-state index in [9.17, 15) is 8.78 Å². The Morgan fingerprint density at radius 3 is 2.71 bits per heavy atom. The van der Waals surface area contributed by atoms with Crippen LogP contribution in [0.15, 0.2) is 64.4 Å². The number of benzene rings is 2. The molecule has 3 rings (SSSR count). The van der Waals surface area contributed by atoms with Gasteiger partial charge < -0.3 is 4.74 Å². The van der Waals surface area contributed by atoms with E-state index >= 15 is 0 Å². The molecule has 0 amide bonds. The highest BCUT2D eigenvalue weighted by Crippen LogP contribution is 2.24. The van der Waals surface area contributed by atoms with E-state index in [1.807, 2.05) is 30.3 Å². The van der Waals surface area contributed by atoms with E-state index in [-0.39, 0.29) is 5.75 Å². The van der Waals surface area contributed by atoms with Gasteiger partial charge in [0.15, 0.2) is 5.82 Å². The zero-order valence-electron chi connectivity index (χ0n) is 12.2. The first-order valence-corrected chi connectivity index (χ1v) is 7.67. The highest BCUT2D eigenvalue weighted by Gasteiger charge is 2.10. The normalized spacial score (nSPS) is 11.3. The van der Waals surface area contributed by atoms with Crippen LogP contribution < -0.4 is 4.74 Å². The van der Waals surface area contributed by atoms with Gasteiger partial charge in [0.05, 0.1) is 6.21 Å². The van der Waals surface area contributed by atoms with Gasteiger partial charge in [0.2, 0.25) is 0 Å². The lowest BCUT2D eigenvalue weighted by Gasteiger charge is -2.08. The molecule has 0 saturated carbocycles. The van der Waals surface area contributed by atoms with Crippen LogP contribution in [0.25, 0.3) is 11.4 Å². The number of halogens is 3. The Balaban J connectivity index is 1.93. The summed E-state index contributed by atoms with van der Waals surface area (Å²) in [6.45, 7) is -2.91. The minimum Gasteiger partial charge on any atom is -0.434 e. The van der Waals surface area contributed by atoms with Crippen LogP contribution in [0.2, 0.25) is 0 Å². The van der Waals surface area contributed by atoms with Crippen LogP contribution in [0.4, 0.5) is 8.78 Å². The summed E-state index contributed by atoms with van der Waals surface area (Å²) in [5.74, 6) is 0.574. The lowest BCUT2D eigenvalue weighted by Crippen LogP contribution is -2.04. The first kappa shape index (κ1) is 16.3. The predicted octanol–water partition coefficient (Wildman–Crippen LogP) is 4.19. The van der Waals surface area contributed by atoms with Crippen molar-refractivity contribution >= 4 is 22.1 Å². The van der Waals surface area contributed by atoms with Crippen LogP contribution in [0.1, 0.15) is 5.56 Å². The maximum atomic E-state index is 12.5. The SMILES string of the molecule is FC(F)Oc1ccc(Br)cc1/C=N\n1cnnc1-c1ccccc1. The molecule has 2 aromatic carbocycles. The Morgan fingerprint density at radius 2 is 1.96 bits per heavy atom. The molecule has 1 aromatic heterocycles. The van der Waals surface area contributed by atoms with E-state index in [0.717, 1.165) is 10.0 Å². The van der Waals surface area contributed by atoms with Crippen LogP contribution in [0, 0.1) is 0 Å². The van der Waals surface area contributed by atoms with Gasteiger partial charge in [-0.3, -0.25) is 0 Å². The fraction of sp³-hybridized carbons (Fsp3) is 0.0625. The summed E-state index contributed by atoms with van der Waals surface area (Å²) in [7, 11) is 0. The summed E-state index contributed by atoms with van der Waals surface area (Å²) in [5.41, 5.74) is 1.24. The molecule has 0 saturated heterocycles. The second-order valence-electron chi connectivity index (χ2n) is 4.67. The number of aromatic nitrogens is 3. The minimum atomic E-state index is -2.91. The molecule has 0 unspecified atom stereocenters. The first-order chi connectivity index (χ1) is 11.6. The zero-order chi connectivity index (χ0) is 16.9. The van der Waals surface area contributed by atoms with Crippen molar-refractivity contribution in [2.75, 3.05) is 0 Å². The quantitative estimate of drug-likeness (QED) is 0.611. The first-order valence-electron chi connectivity index (χ1n) is 6.87. The standard InChI is InChI=1S/C16H11BrF2N4O/c17-13-6-7-14(24-16(18)19)12(8-13)9-21-23-10-20-22-15(23)11-4-2-1-3-5-11/h1-10,16H/b21-9-. The van der Waals surface area contributed by atoms with Crippen molar-refractivity contribution in [1.29, 1.82) is 0 Å². The monoisotopic (exact) mass is 392 g/mol. The summed E-state index contributed by atoms with van der Waals surface area (Å²) >= 11 is 3.30. The lowest BCUT2D eigenvalue weighted by molar-refractivity contribution is -0.0499. The second kappa shape index (κ2) is 7.31. The molecule has 0 N–H and O–H groups in total. The van der Waals surface area contributed by atoms with Gasteiger partial charge in [-0.25, -0.2) is 0 Å². The van der Waals surface area contributed by atoms with Gasteiger partial charge in [-0.1, -0.05) is 46.3 Å². The highest BCUT2D eigenvalue weighted by molar-refractivity contribution is 9.10. The second-order valence-corrected chi connectivity index (χ2v) is 5.59. The fourth-order valence-corrected chi connectivity index (χ4v) is 2.42. The van der Waals surface area contributed by atoms with Gasteiger partial charge in [-0.2, -0.15) is 18.6 Å². The summed E-state index contributed by atoms with van der Waals surface area (Å²) in [4.78, 5) is 0. The Hall–Kier alpha value is -2.61. The molecule has 0 atom stereocenters. The van der Waals surface area contributed by atoms with Crippen LogP contribution in [0.5, 0.6) is 5.75 Å². The van der Waals surface area contributed by atoms with Crippen LogP contribution in [0.3, 0.4) is 0 Å². The molecular formula is C16H11BrF2N4O. The average molecular weight is 393 g/mol. The number of alkyl halides is 2.